The van der Waals surface area contributed by atoms with Crippen LogP contribution in [-0.2, 0) is 73.3 Å². The van der Waals surface area contributed by atoms with E-state index in [1.165, 1.54) is 219 Å². The lowest BCUT2D eigenvalue weighted by Crippen LogP contribution is -2.53. The molecule has 8 aliphatic carbocycles. The Morgan fingerprint density at radius 1 is 0.496 bits per heavy atom. The molecule has 5 aromatic rings. The first-order valence-corrected chi connectivity index (χ1v) is 51.4. The first-order chi connectivity index (χ1) is 64.3. The van der Waals surface area contributed by atoms with Gasteiger partial charge in [0.2, 0.25) is 23.6 Å². The number of carbonyl (C=O) groups excluding carboxylic acids is 8. The number of nitrogens with zero attached hydrogens (tertiary/aromatic N) is 5. The molecular weight excluding hydrogens is 1810 g/mol. The summed E-state index contributed by atoms with van der Waals surface area (Å²) in [7, 11) is -4.10. The number of ether oxygens (including phenoxy) is 7. The molecule has 0 radical (unpaired) electrons. The highest BCUT2D eigenvalue weighted by Crippen LogP contribution is 2.53. The predicted octanol–water partition coefficient (Wildman–Crippen LogP) is 16.2. The highest BCUT2D eigenvalue weighted by Gasteiger charge is 2.50. The van der Waals surface area contributed by atoms with E-state index in [9.17, 15) is 56.9 Å². The van der Waals surface area contributed by atoms with Gasteiger partial charge in [0.1, 0.15) is 72.8 Å². The summed E-state index contributed by atoms with van der Waals surface area (Å²) in [5, 5.41) is 18.6. The molecule has 5 N–H and O–H groups in total. The minimum Gasteiger partial charge on any atom is -0.489 e. The van der Waals surface area contributed by atoms with Crippen LogP contribution in [0.15, 0.2) is 102 Å². The van der Waals surface area contributed by atoms with Gasteiger partial charge in [0, 0.05) is 91.8 Å². The average Bonchev–Trinajstić information content (AvgIpc) is 1.64. The Hall–Kier alpha value is -8.56. The van der Waals surface area contributed by atoms with Crippen LogP contribution in [0.25, 0.3) is 0 Å². The van der Waals surface area contributed by atoms with E-state index in [4.69, 9.17) is 54.7 Å². The molecule has 29 nitrogen and oxygen atoms in total. The van der Waals surface area contributed by atoms with E-state index in [1.807, 2.05) is 55.5 Å². The van der Waals surface area contributed by atoms with Crippen LogP contribution in [0, 0.1) is 31.8 Å². The fourth-order valence-corrected chi connectivity index (χ4v) is 25.4. The molecule has 5 aromatic carbocycles. The number of likely N-dealkylation sites (tertiary alicyclic amines) is 3. The number of rotatable bonds is 19. The minimum atomic E-state index is -4.10. The summed E-state index contributed by atoms with van der Waals surface area (Å²) in [6, 6.07) is 27.1. The van der Waals surface area contributed by atoms with E-state index >= 15 is 0 Å². The van der Waals surface area contributed by atoms with Crippen molar-refractivity contribution in [3.05, 3.63) is 152 Å². The number of nitrogens with two attached hydrogens (primary N) is 1. The van der Waals surface area contributed by atoms with E-state index < -0.39 is 39.3 Å². The normalized spacial score (nSPS) is 27.4. The highest BCUT2D eigenvalue weighted by molar-refractivity contribution is 7.86. The van der Waals surface area contributed by atoms with Crippen molar-refractivity contribution in [2.75, 3.05) is 59.0 Å². The van der Waals surface area contributed by atoms with Gasteiger partial charge in [-0.15, -0.1) is 36.4 Å². The molecule has 0 bridgehead atoms. The number of non-ortho nitro benzene ring substituents is 1. The predicted molar refractivity (Wildman–Crippen MR) is 510 cm³/mol. The number of hydrogen-bond donors (Lipinski definition) is 4. The number of hydrogen-bond acceptors (Lipinski definition) is 25. The molecule has 8 saturated carbocycles. The van der Waals surface area contributed by atoms with E-state index in [1.54, 1.807) is 29.2 Å². The molecule has 14 fully saturated rings. The second kappa shape index (κ2) is 44.7. The van der Waals surface area contributed by atoms with E-state index in [2.05, 4.69) is 30.7 Å². The molecule has 4 spiro atoms. The number of alkyl halides is 1. The lowest BCUT2D eigenvalue weighted by molar-refractivity contribution is -0.384. The monoisotopic (exact) mass is 1940 g/mol. The Morgan fingerprint density at radius 3 is 1.36 bits per heavy atom. The van der Waals surface area contributed by atoms with E-state index in [0.29, 0.717) is 114 Å². The number of nitro benzene ring substituents is 1. The number of cyclic esters (lactones) is 2. The molecule has 734 valence electrons. The van der Waals surface area contributed by atoms with Crippen LogP contribution in [0.1, 0.15) is 302 Å². The highest BCUT2D eigenvalue weighted by atomic mass is 35.5. The second-order valence-corrected chi connectivity index (χ2v) is 42.4. The quantitative estimate of drug-likeness (QED) is 0.0113. The van der Waals surface area contributed by atoms with Gasteiger partial charge in [-0.05, 0) is 350 Å². The van der Waals surface area contributed by atoms with Crippen LogP contribution < -0.4 is 40.6 Å². The SMILES string of the molecule is C1CC2(C1)CCNCC2.CCOC(=O)c1ccc(OC2CCCC2N2CCCC3(CCC3)C2)cc1CCl.Cl.Cl.NC1CCC(=O)NC1=O.O=C1CCC(N2Cc3cc(OC4CCCC4N4CCCC5(CCC5)C4)ccc3C2=O)C(=O)N1.O=C1OCc2cc(OC3CCCC3N3CCCC4(CCC4)C3)ccc21.O=C1OCc2cc(OC3CCCC3OS(=O)(=O)c3ccc([N+](=O)[O-])cc3)ccc21. The Kier molecular flexibility index (Phi) is 33.4. The van der Waals surface area contributed by atoms with Crippen LogP contribution in [-0.4, -0.2) is 200 Å². The minimum absolute atomic E-state index is 0. The fraction of sp³-hybridized carbons (Fsp3) is 0.627. The number of amides is 5. The Labute approximate surface area is 809 Å². The number of halogens is 3. The van der Waals surface area contributed by atoms with Crippen LogP contribution >= 0.6 is 36.4 Å². The molecule has 33 heteroatoms. The second-order valence-electron chi connectivity index (χ2n) is 40.5. The van der Waals surface area contributed by atoms with Gasteiger partial charge >= 0.3 is 17.9 Å². The number of piperidine rings is 6. The van der Waals surface area contributed by atoms with Gasteiger partial charge in [0.05, 0.1) is 39.2 Å². The van der Waals surface area contributed by atoms with Crippen molar-refractivity contribution in [3.8, 4) is 23.0 Å². The van der Waals surface area contributed by atoms with Crippen LogP contribution in [0.5, 0.6) is 23.0 Å². The molecule has 0 aromatic heterocycles. The van der Waals surface area contributed by atoms with E-state index in [-0.39, 0.29) is 120 Å². The maximum atomic E-state index is 12.9. The van der Waals surface area contributed by atoms with Crippen molar-refractivity contribution >= 4 is 99.7 Å². The number of fused-ring (bicyclic) bond motifs is 3. The largest absolute Gasteiger partial charge is 0.489 e. The van der Waals surface area contributed by atoms with Crippen LogP contribution in [0.2, 0.25) is 0 Å². The van der Waals surface area contributed by atoms with Crippen molar-refractivity contribution in [1.29, 1.82) is 0 Å². The van der Waals surface area contributed by atoms with Gasteiger partial charge in [0.15, 0.2) is 0 Å². The molecule has 5 amide bonds. The smallest absolute Gasteiger partial charge is 0.338 e. The van der Waals surface area contributed by atoms with Crippen molar-refractivity contribution in [2.45, 2.75) is 329 Å². The van der Waals surface area contributed by atoms with Gasteiger partial charge < -0.3 is 49.1 Å². The molecule has 10 unspecified atom stereocenters. The summed E-state index contributed by atoms with van der Waals surface area (Å²) in [6.07, 6.45) is 42.0. The Bertz CT molecular complexity index is 5200. The van der Waals surface area contributed by atoms with Crippen molar-refractivity contribution in [1.82, 2.24) is 35.6 Å². The molecular formula is C102H134Cl3N9O20S. The van der Waals surface area contributed by atoms with Crippen molar-refractivity contribution < 1.29 is 89.0 Å². The summed E-state index contributed by atoms with van der Waals surface area (Å²) in [5.41, 5.74) is 13.5. The third kappa shape index (κ3) is 23.8. The van der Waals surface area contributed by atoms with Crippen molar-refractivity contribution in [2.24, 2.45) is 27.4 Å². The summed E-state index contributed by atoms with van der Waals surface area (Å²) in [5.74, 6) is 1.06. The molecule has 6 saturated heterocycles. The van der Waals surface area contributed by atoms with Gasteiger partial charge in [-0.2, -0.15) is 8.42 Å². The van der Waals surface area contributed by atoms with Gasteiger partial charge in [-0.25, -0.2) is 14.4 Å². The molecule has 10 atom stereocenters. The zero-order chi connectivity index (χ0) is 92.6. The maximum Gasteiger partial charge on any atom is 0.338 e. The summed E-state index contributed by atoms with van der Waals surface area (Å²) in [6.45, 7) is 13.1. The lowest BCUT2D eigenvalue weighted by atomic mass is 9.63. The standard InChI is InChI=1S/C26H33N3O4.C23H32ClNO3.C21H27NO3.C19H17NO8S.C8H15N.C5H8N2O2.2ClH/c30-23-9-8-21(24(31)27-23)29-15-17-14-18(6-7-19(17)25(29)32)33-22-5-1-4-20(22)28-13-3-12-26(16-28)10-2-11-26;1-2-27-22(26)19-9-8-18(14-17(19)15-24)28-21-7-3-6-20(21)25-13-5-12-23(16-25)10-4-11-23;23-20-17-7-6-16(12-15(17)13-24-20)25-19-5-1-4-18(19)22-11-3-10-21(14-22)8-2-9-21;21-19-16-9-6-14(10-12(16)11-26-19)27-17-2-1-3-18(17)28-29(24,25)15-7-4-13(5-8-15)20(22)23;1-2-8(3-1)4-6-9-7-5-8;6-3-1-2-4(8)7-5(3)9;;/h6-7,14,20-22H,1-5,8-13,15-16H2,(H,27,30,31);8-9,14,20-21H,2-7,10-13,15-16H2,1H3;6-7,12,18-19H,1-5,8-11,13-14H2;4-10,17-18H,1-3,11H2;9H,1-7H2;3H,1-2,6H2,(H,7,8,9);2*1H. The van der Waals surface area contributed by atoms with Crippen molar-refractivity contribution in [3.63, 3.8) is 0 Å². The molecule has 9 heterocycles. The number of benzene rings is 5. The zero-order valence-corrected chi connectivity index (χ0v) is 80.9. The average molecular weight is 1940 g/mol. The number of nitro groups is 1. The zero-order valence-electron chi connectivity index (χ0n) is 77.7. The molecule has 135 heavy (non-hydrogen) atoms. The third-order valence-corrected chi connectivity index (χ3v) is 33.6. The fourth-order valence-electron chi connectivity index (χ4n) is 24.0. The molecule has 9 aliphatic heterocycles. The third-order valence-electron chi connectivity index (χ3n) is 32.0. The maximum absolute atomic E-state index is 12.9. The first-order valence-electron chi connectivity index (χ1n) is 49.4. The molecule has 17 aliphatic rings. The van der Waals surface area contributed by atoms with Gasteiger partial charge in [-0.3, -0.25) is 63.6 Å². The first kappa shape index (κ1) is 101. The molecule has 22 rings (SSSR count). The summed E-state index contributed by atoms with van der Waals surface area (Å²) < 4.78 is 71.0. The van der Waals surface area contributed by atoms with Crippen LogP contribution in [0.4, 0.5) is 5.69 Å². The topological polar surface area (TPSA) is 363 Å². The number of carbonyl (C=O) groups is 8. The lowest BCUT2D eigenvalue weighted by Gasteiger charge is -2.51. The number of imide groups is 2. The van der Waals surface area contributed by atoms with E-state index in [0.717, 1.165) is 94.9 Å². The number of esters is 3. The van der Waals surface area contributed by atoms with Gasteiger partial charge in [0.25, 0.3) is 21.7 Å². The number of nitrogens with one attached hydrogen (secondary N) is 3. The summed E-state index contributed by atoms with van der Waals surface area (Å²) in [4.78, 5) is 113. The Morgan fingerprint density at radius 2 is 0.919 bits per heavy atom. The van der Waals surface area contributed by atoms with Crippen LogP contribution in [0.3, 0.4) is 0 Å². The van der Waals surface area contributed by atoms with Gasteiger partial charge in [-0.1, -0.05) is 25.7 Å². The summed E-state index contributed by atoms with van der Waals surface area (Å²) >= 11 is 6.10. The Balaban J connectivity index is 0.000000128.